The zero-order chi connectivity index (χ0) is 13.9. The fourth-order valence-corrected chi connectivity index (χ4v) is 3.01. The van der Waals surface area contributed by atoms with E-state index in [1.807, 2.05) is 36.1 Å². The van der Waals surface area contributed by atoms with Crippen molar-refractivity contribution in [2.45, 2.75) is 26.1 Å². The number of carbonyl (C=O) groups excluding carboxylic acids is 1. The predicted octanol–water partition coefficient (Wildman–Crippen LogP) is 2.22. The van der Waals surface area contributed by atoms with Crippen molar-refractivity contribution in [1.29, 1.82) is 0 Å². The molecule has 0 N–H and O–H groups in total. The minimum absolute atomic E-state index is 0.0503. The van der Waals surface area contributed by atoms with Gasteiger partial charge in [0, 0.05) is 24.6 Å². The molecule has 4 nitrogen and oxygen atoms in total. The number of carbonyl (C=O) groups is 1. The van der Waals surface area contributed by atoms with E-state index in [0.717, 1.165) is 37.1 Å². The van der Waals surface area contributed by atoms with Crippen molar-refractivity contribution in [2.75, 3.05) is 26.3 Å². The standard InChI is InChI=1S/C16H21NO3/c1-12-4-2-3-5-14(12)15(18)17-8-6-13(7-9-17)16-19-10-11-20-16/h2-5,13,16H,6-11H2,1H3. The van der Waals surface area contributed by atoms with Gasteiger partial charge in [-0.15, -0.1) is 0 Å². The zero-order valence-corrected chi connectivity index (χ0v) is 11.9. The summed E-state index contributed by atoms with van der Waals surface area (Å²) in [7, 11) is 0. The molecule has 4 heteroatoms. The SMILES string of the molecule is Cc1ccccc1C(=O)N1CCC(C2OCCO2)CC1. The third-order valence-corrected chi connectivity index (χ3v) is 4.23. The van der Waals surface area contributed by atoms with E-state index in [0.29, 0.717) is 19.1 Å². The van der Waals surface area contributed by atoms with E-state index in [-0.39, 0.29) is 12.2 Å². The highest BCUT2D eigenvalue weighted by molar-refractivity contribution is 5.95. The van der Waals surface area contributed by atoms with Crippen LogP contribution in [0.1, 0.15) is 28.8 Å². The lowest BCUT2D eigenvalue weighted by molar-refractivity contribution is -0.0956. The predicted molar refractivity (Wildman–Crippen MR) is 75.5 cm³/mol. The average Bonchev–Trinajstić information content (AvgIpc) is 3.01. The number of amides is 1. The Balaban J connectivity index is 1.60. The molecule has 0 radical (unpaired) electrons. The molecule has 2 fully saturated rings. The van der Waals surface area contributed by atoms with Crippen molar-refractivity contribution in [2.24, 2.45) is 5.92 Å². The molecule has 20 heavy (non-hydrogen) atoms. The molecule has 1 amide bonds. The summed E-state index contributed by atoms with van der Waals surface area (Å²) in [4.78, 5) is 14.5. The lowest BCUT2D eigenvalue weighted by Crippen LogP contribution is -2.41. The van der Waals surface area contributed by atoms with Crippen LogP contribution >= 0.6 is 0 Å². The number of ether oxygens (including phenoxy) is 2. The first-order valence-corrected chi connectivity index (χ1v) is 7.34. The third-order valence-electron chi connectivity index (χ3n) is 4.23. The Kier molecular flexibility index (Phi) is 4.03. The Morgan fingerprint density at radius 3 is 2.45 bits per heavy atom. The summed E-state index contributed by atoms with van der Waals surface area (Å²) in [5, 5.41) is 0. The van der Waals surface area contributed by atoms with Crippen LogP contribution in [0.25, 0.3) is 0 Å². The Labute approximate surface area is 119 Å². The molecular formula is C16H21NO3. The molecular weight excluding hydrogens is 254 g/mol. The summed E-state index contributed by atoms with van der Waals surface area (Å²) in [6.45, 7) is 4.97. The number of piperidine rings is 1. The molecule has 1 aromatic carbocycles. The minimum atomic E-state index is -0.0503. The second kappa shape index (κ2) is 5.94. The fourth-order valence-electron chi connectivity index (χ4n) is 3.01. The summed E-state index contributed by atoms with van der Waals surface area (Å²) in [5.74, 6) is 0.577. The second-order valence-electron chi connectivity index (χ2n) is 5.55. The van der Waals surface area contributed by atoms with Crippen LogP contribution in [0.5, 0.6) is 0 Å². The highest BCUT2D eigenvalue weighted by atomic mass is 16.7. The van der Waals surface area contributed by atoms with Crippen LogP contribution in [0.15, 0.2) is 24.3 Å². The van der Waals surface area contributed by atoms with E-state index in [9.17, 15) is 4.79 Å². The van der Waals surface area contributed by atoms with Gasteiger partial charge in [-0.1, -0.05) is 18.2 Å². The van der Waals surface area contributed by atoms with E-state index in [2.05, 4.69) is 0 Å². The van der Waals surface area contributed by atoms with Gasteiger partial charge < -0.3 is 14.4 Å². The van der Waals surface area contributed by atoms with Crippen LogP contribution in [0, 0.1) is 12.8 Å². The molecule has 1 aromatic rings. The van der Waals surface area contributed by atoms with E-state index in [1.54, 1.807) is 0 Å². The Morgan fingerprint density at radius 2 is 1.80 bits per heavy atom. The number of benzene rings is 1. The van der Waals surface area contributed by atoms with Gasteiger partial charge in [0.15, 0.2) is 6.29 Å². The monoisotopic (exact) mass is 275 g/mol. The van der Waals surface area contributed by atoms with E-state index in [4.69, 9.17) is 9.47 Å². The van der Waals surface area contributed by atoms with Crippen LogP contribution in [0.3, 0.4) is 0 Å². The second-order valence-corrected chi connectivity index (χ2v) is 5.55. The number of hydrogen-bond donors (Lipinski definition) is 0. The number of rotatable bonds is 2. The summed E-state index contributed by atoms with van der Waals surface area (Å²) in [6, 6.07) is 7.79. The van der Waals surface area contributed by atoms with Gasteiger partial charge in [0.1, 0.15) is 0 Å². The smallest absolute Gasteiger partial charge is 0.254 e. The molecule has 2 aliphatic rings. The number of likely N-dealkylation sites (tertiary alicyclic amines) is 1. The van der Waals surface area contributed by atoms with Gasteiger partial charge in [-0.25, -0.2) is 0 Å². The van der Waals surface area contributed by atoms with Crippen molar-refractivity contribution in [1.82, 2.24) is 4.90 Å². The van der Waals surface area contributed by atoms with Gasteiger partial charge in [-0.05, 0) is 31.4 Å². The van der Waals surface area contributed by atoms with Crippen molar-refractivity contribution in [3.8, 4) is 0 Å². The van der Waals surface area contributed by atoms with Gasteiger partial charge in [-0.2, -0.15) is 0 Å². The summed E-state index contributed by atoms with van der Waals surface area (Å²) >= 11 is 0. The molecule has 2 saturated heterocycles. The lowest BCUT2D eigenvalue weighted by Gasteiger charge is -2.34. The van der Waals surface area contributed by atoms with Crippen molar-refractivity contribution < 1.29 is 14.3 Å². The van der Waals surface area contributed by atoms with Crippen molar-refractivity contribution in [3.63, 3.8) is 0 Å². The zero-order valence-electron chi connectivity index (χ0n) is 11.9. The molecule has 0 aromatic heterocycles. The van der Waals surface area contributed by atoms with Crippen LogP contribution in [-0.4, -0.2) is 43.4 Å². The van der Waals surface area contributed by atoms with Gasteiger partial charge >= 0.3 is 0 Å². The lowest BCUT2D eigenvalue weighted by atomic mass is 9.95. The first kappa shape index (κ1) is 13.6. The molecule has 3 rings (SSSR count). The maximum absolute atomic E-state index is 12.5. The summed E-state index contributed by atoms with van der Waals surface area (Å²) in [6.07, 6.45) is 1.87. The first-order chi connectivity index (χ1) is 9.75. The number of nitrogens with zero attached hydrogens (tertiary/aromatic N) is 1. The molecule has 0 aliphatic carbocycles. The third kappa shape index (κ3) is 2.72. The van der Waals surface area contributed by atoms with Crippen molar-refractivity contribution in [3.05, 3.63) is 35.4 Å². The van der Waals surface area contributed by atoms with Crippen LogP contribution < -0.4 is 0 Å². The molecule has 108 valence electrons. The molecule has 0 saturated carbocycles. The molecule has 2 aliphatic heterocycles. The van der Waals surface area contributed by atoms with Crippen molar-refractivity contribution >= 4 is 5.91 Å². The molecule has 0 unspecified atom stereocenters. The van der Waals surface area contributed by atoms with E-state index in [1.165, 1.54) is 0 Å². The van der Waals surface area contributed by atoms with E-state index >= 15 is 0 Å². The molecule has 0 bridgehead atoms. The molecule has 0 spiro atoms. The number of hydrogen-bond acceptors (Lipinski definition) is 3. The molecule has 0 atom stereocenters. The van der Waals surface area contributed by atoms with Gasteiger partial charge in [-0.3, -0.25) is 4.79 Å². The van der Waals surface area contributed by atoms with Crippen LogP contribution in [0.4, 0.5) is 0 Å². The van der Waals surface area contributed by atoms with Gasteiger partial charge in [0.25, 0.3) is 5.91 Å². The largest absolute Gasteiger partial charge is 0.350 e. The maximum atomic E-state index is 12.5. The highest BCUT2D eigenvalue weighted by Crippen LogP contribution is 2.26. The summed E-state index contributed by atoms with van der Waals surface area (Å²) < 4.78 is 11.1. The number of aryl methyl sites for hydroxylation is 1. The Bertz CT molecular complexity index is 474. The van der Waals surface area contributed by atoms with Crippen LogP contribution in [-0.2, 0) is 9.47 Å². The van der Waals surface area contributed by atoms with Gasteiger partial charge in [0.05, 0.1) is 13.2 Å². The normalized spacial score (nSPS) is 21.4. The first-order valence-electron chi connectivity index (χ1n) is 7.34. The average molecular weight is 275 g/mol. The maximum Gasteiger partial charge on any atom is 0.254 e. The Hall–Kier alpha value is -1.39. The fraction of sp³-hybridized carbons (Fsp3) is 0.562. The quantitative estimate of drug-likeness (QED) is 0.830. The highest BCUT2D eigenvalue weighted by Gasteiger charge is 2.32. The molecule has 2 heterocycles. The van der Waals surface area contributed by atoms with Crippen LogP contribution in [0.2, 0.25) is 0 Å². The Morgan fingerprint density at radius 1 is 1.15 bits per heavy atom. The topological polar surface area (TPSA) is 38.8 Å². The van der Waals surface area contributed by atoms with Gasteiger partial charge in [0.2, 0.25) is 0 Å². The summed E-state index contributed by atoms with van der Waals surface area (Å²) in [5.41, 5.74) is 1.86. The minimum Gasteiger partial charge on any atom is -0.350 e. The van der Waals surface area contributed by atoms with E-state index < -0.39 is 0 Å².